The van der Waals surface area contributed by atoms with Gasteiger partial charge in [-0.15, -0.1) is 0 Å². The van der Waals surface area contributed by atoms with Gasteiger partial charge in [0.25, 0.3) is 5.69 Å². The monoisotopic (exact) mass is 168 g/mol. The average molecular weight is 168 g/mol. The molecule has 0 amide bonds. The zero-order chi connectivity index (χ0) is 9.30. The largest absolute Gasteiger partial charge is 0.343 e. The second-order valence-electron chi connectivity index (χ2n) is 3.10. The summed E-state index contributed by atoms with van der Waals surface area (Å²) in [7, 11) is 0. The van der Waals surface area contributed by atoms with E-state index in [1.165, 1.54) is 0 Å². The van der Waals surface area contributed by atoms with Crippen molar-refractivity contribution in [3.63, 3.8) is 0 Å². The van der Waals surface area contributed by atoms with E-state index in [1.54, 1.807) is 12.3 Å². The van der Waals surface area contributed by atoms with E-state index in [0.717, 1.165) is 5.69 Å². The SMILES string of the molecule is Cc1cc([N+](=O)[O-])cn1C(C)C. The molecule has 1 aromatic rings. The van der Waals surface area contributed by atoms with Gasteiger partial charge in [0, 0.05) is 17.8 Å². The summed E-state index contributed by atoms with van der Waals surface area (Å²) in [6, 6.07) is 1.86. The molecule has 0 radical (unpaired) electrons. The van der Waals surface area contributed by atoms with Crippen LogP contribution in [0.5, 0.6) is 0 Å². The van der Waals surface area contributed by atoms with E-state index >= 15 is 0 Å². The van der Waals surface area contributed by atoms with Crippen LogP contribution in [0.2, 0.25) is 0 Å². The number of nitro groups is 1. The minimum absolute atomic E-state index is 0.168. The smallest absolute Gasteiger partial charge is 0.287 e. The van der Waals surface area contributed by atoms with Crippen molar-refractivity contribution in [2.24, 2.45) is 0 Å². The first-order valence-corrected chi connectivity index (χ1v) is 3.85. The normalized spacial score (nSPS) is 10.7. The zero-order valence-electron chi connectivity index (χ0n) is 7.44. The third-order valence-electron chi connectivity index (χ3n) is 1.80. The third kappa shape index (κ3) is 1.47. The number of hydrogen-bond donors (Lipinski definition) is 0. The maximum atomic E-state index is 10.4. The summed E-state index contributed by atoms with van der Waals surface area (Å²) >= 11 is 0. The molecule has 12 heavy (non-hydrogen) atoms. The van der Waals surface area contributed by atoms with Gasteiger partial charge in [-0.05, 0) is 20.8 Å². The maximum Gasteiger partial charge on any atom is 0.287 e. The van der Waals surface area contributed by atoms with Crippen LogP contribution in [0.25, 0.3) is 0 Å². The molecule has 0 aliphatic carbocycles. The number of aryl methyl sites for hydroxylation is 1. The molecule has 0 saturated carbocycles. The Morgan fingerprint density at radius 2 is 2.17 bits per heavy atom. The van der Waals surface area contributed by atoms with Gasteiger partial charge in [-0.3, -0.25) is 10.1 Å². The Bertz CT molecular complexity index is 302. The molecule has 1 aromatic heterocycles. The molecule has 0 N–H and O–H groups in total. The lowest BCUT2D eigenvalue weighted by Gasteiger charge is -2.07. The van der Waals surface area contributed by atoms with E-state index in [-0.39, 0.29) is 16.7 Å². The molecule has 0 saturated heterocycles. The number of hydrogen-bond acceptors (Lipinski definition) is 2. The van der Waals surface area contributed by atoms with Gasteiger partial charge in [0.2, 0.25) is 0 Å². The van der Waals surface area contributed by atoms with Crippen LogP contribution in [-0.4, -0.2) is 9.49 Å². The van der Waals surface area contributed by atoms with Gasteiger partial charge in [0.1, 0.15) is 0 Å². The predicted molar refractivity (Wildman–Crippen MR) is 46.2 cm³/mol. The molecular formula is C8H12N2O2. The molecule has 0 spiro atoms. The van der Waals surface area contributed by atoms with Crippen LogP contribution in [0.3, 0.4) is 0 Å². The maximum absolute atomic E-state index is 10.4. The van der Waals surface area contributed by atoms with Gasteiger partial charge < -0.3 is 4.57 Å². The van der Waals surface area contributed by atoms with E-state index in [0.29, 0.717) is 0 Å². The Hall–Kier alpha value is -1.32. The fourth-order valence-electron chi connectivity index (χ4n) is 1.23. The molecule has 0 bridgehead atoms. The highest BCUT2D eigenvalue weighted by Gasteiger charge is 2.12. The van der Waals surface area contributed by atoms with E-state index < -0.39 is 0 Å². The van der Waals surface area contributed by atoms with Crippen molar-refractivity contribution in [3.8, 4) is 0 Å². The molecule has 0 fully saturated rings. The molecule has 4 heteroatoms. The predicted octanol–water partition coefficient (Wildman–Crippen LogP) is 2.29. The summed E-state index contributed by atoms with van der Waals surface area (Å²) in [5.41, 5.74) is 1.10. The summed E-state index contributed by atoms with van der Waals surface area (Å²) in [6.07, 6.45) is 1.57. The first kappa shape index (κ1) is 8.77. The lowest BCUT2D eigenvalue weighted by molar-refractivity contribution is -0.384. The Morgan fingerprint density at radius 3 is 2.42 bits per heavy atom. The minimum Gasteiger partial charge on any atom is -0.343 e. The highest BCUT2D eigenvalue weighted by atomic mass is 16.6. The average Bonchev–Trinajstić information content (AvgIpc) is 2.30. The van der Waals surface area contributed by atoms with Crippen molar-refractivity contribution in [2.45, 2.75) is 26.8 Å². The molecule has 4 nitrogen and oxygen atoms in total. The van der Waals surface area contributed by atoms with Crippen molar-refractivity contribution in [2.75, 3.05) is 0 Å². The standard InChI is InChI=1S/C8H12N2O2/c1-6(2)9-5-8(10(11)12)4-7(9)3/h4-6H,1-3H3. The van der Waals surface area contributed by atoms with Crippen LogP contribution < -0.4 is 0 Å². The highest BCUT2D eigenvalue weighted by molar-refractivity contribution is 5.31. The van der Waals surface area contributed by atoms with Crippen LogP contribution in [0, 0.1) is 17.0 Å². The van der Waals surface area contributed by atoms with Crippen LogP contribution in [0.1, 0.15) is 25.6 Å². The first-order chi connectivity index (χ1) is 5.52. The second-order valence-corrected chi connectivity index (χ2v) is 3.10. The van der Waals surface area contributed by atoms with Gasteiger partial charge in [0.15, 0.2) is 0 Å². The summed E-state index contributed by atoms with van der Waals surface area (Å²) in [5.74, 6) is 0. The van der Waals surface area contributed by atoms with Crippen molar-refractivity contribution in [3.05, 3.63) is 28.1 Å². The van der Waals surface area contributed by atoms with E-state index in [4.69, 9.17) is 0 Å². The van der Waals surface area contributed by atoms with Crippen LogP contribution >= 0.6 is 0 Å². The molecule has 0 aromatic carbocycles. The van der Waals surface area contributed by atoms with Crippen LogP contribution in [0.15, 0.2) is 12.3 Å². The zero-order valence-corrected chi connectivity index (χ0v) is 7.44. The summed E-state index contributed by atoms with van der Waals surface area (Å²) < 4.78 is 1.89. The fraction of sp³-hybridized carbons (Fsp3) is 0.500. The molecular weight excluding hydrogens is 156 g/mol. The first-order valence-electron chi connectivity index (χ1n) is 3.85. The Morgan fingerprint density at radius 1 is 1.58 bits per heavy atom. The molecule has 66 valence electrons. The fourth-order valence-corrected chi connectivity index (χ4v) is 1.23. The summed E-state index contributed by atoms with van der Waals surface area (Å²) in [5, 5.41) is 10.4. The topological polar surface area (TPSA) is 48.1 Å². The van der Waals surface area contributed by atoms with Gasteiger partial charge in [-0.2, -0.15) is 0 Å². The van der Waals surface area contributed by atoms with E-state index in [2.05, 4.69) is 0 Å². The number of aromatic nitrogens is 1. The number of rotatable bonds is 2. The summed E-state index contributed by atoms with van der Waals surface area (Å²) in [4.78, 5) is 10.0. The molecule has 0 atom stereocenters. The van der Waals surface area contributed by atoms with Gasteiger partial charge in [0.05, 0.1) is 11.1 Å². The molecule has 0 aliphatic rings. The molecule has 0 unspecified atom stereocenters. The van der Waals surface area contributed by atoms with Crippen molar-refractivity contribution in [1.29, 1.82) is 0 Å². The number of nitrogens with zero attached hydrogens (tertiary/aromatic N) is 2. The van der Waals surface area contributed by atoms with Gasteiger partial charge >= 0.3 is 0 Å². The lowest BCUT2D eigenvalue weighted by atomic mass is 10.4. The van der Waals surface area contributed by atoms with Crippen molar-refractivity contribution in [1.82, 2.24) is 4.57 Å². The Balaban J connectivity index is 3.09. The second kappa shape index (κ2) is 2.97. The summed E-state index contributed by atoms with van der Waals surface area (Å²) in [6.45, 7) is 5.86. The van der Waals surface area contributed by atoms with Gasteiger partial charge in [-0.1, -0.05) is 0 Å². The lowest BCUT2D eigenvalue weighted by Crippen LogP contribution is -2.00. The Kier molecular flexibility index (Phi) is 2.17. The van der Waals surface area contributed by atoms with E-state index in [1.807, 2.05) is 25.3 Å². The molecule has 1 rings (SSSR count). The van der Waals surface area contributed by atoms with Crippen molar-refractivity contribution >= 4 is 5.69 Å². The van der Waals surface area contributed by atoms with E-state index in [9.17, 15) is 10.1 Å². The van der Waals surface area contributed by atoms with Gasteiger partial charge in [-0.25, -0.2) is 0 Å². The van der Waals surface area contributed by atoms with Crippen molar-refractivity contribution < 1.29 is 4.92 Å². The van der Waals surface area contributed by atoms with Crippen LogP contribution in [-0.2, 0) is 0 Å². The highest BCUT2D eigenvalue weighted by Crippen LogP contribution is 2.19. The third-order valence-corrected chi connectivity index (χ3v) is 1.80. The molecule has 1 heterocycles. The molecule has 0 aliphatic heterocycles. The Labute approximate surface area is 71.0 Å². The quantitative estimate of drug-likeness (QED) is 0.502. The minimum atomic E-state index is -0.369. The van der Waals surface area contributed by atoms with Crippen LogP contribution in [0.4, 0.5) is 5.69 Å².